The minimum Gasteiger partial charge on any atom is -0.255 e. The van der Waals surface area contributed by atoms with Gasteiger partial charge in [0.05, 0.1) is 0 Å². The van der Waals surface area contributed by atoms with Gasteiger partial charge in [0.2, 0.25) is 0 Å². The highest BCUT2D eigenvalue weighted by molar-refractivity contribution is 4.66. The molecule has 0 aromatic carbocycles. The molecule has 1 heterocycles. The van der Waals surface area contributed by atoms with Crippen LogP contribution in [0.4, 0.5) is 8.96 Å². The number of H-pyrrole nitrogens is 1. The smallest absolute Gasteiger partial charge is 0.255 e. The predicted molar refractivity (Wildman–Crippen MR) is 28.6 cm³/mol. The maximum Gasteiger partial charge on any atom is 0.394 e. The Hall–Kier alpha value is -1.73. The van der Waals surface area contributed by atoms with E-state index in [-0.39, 0.29) is 0 Å². The van der Waals surface area contributed by atoms with E-state index in [1.165, 1.54) is 4.98 Å². The number of hydrogen-bond donors (Lipinski definition) is 1. The average Bonchev–Trinajstić information content (AvgIpc) is 1.97. The molecule has 0 aliphatic rings. The summed E-state index contributed by atoms with van der Waals surface area (Å²) in [6.07, 6.45) is 0. The summed E-state index contributed by atoms with van der Waals surface area (Å²) in [4.78, 5) is 29.6. The number of aromatic amines is 1. The molecule has 1 rings (SSSR count). The second kappa shape index (κ2) is 2.15. The van der Waals surface area contributed by atoms with E-state index in [1.54, 1.807) is 0 Å². The summed E-state index contributed by atoms with van der Waals surface area (Å²) in [7, 11) is 0. The van der Waals surface area contributed by atoms with Gasteiger partial charge in [-0.15, -0.1) is 0 Å². The molecule has 1 aromatic rings. The molecule has 0 spiro atoms. The van der Waals surface area contributed by atoms with Gasteiger partial charge in [-0.05, 0) is 0 Å². The SMILES string of the molecule is O=c1[nH]c(=O)n(F)c(=O)n1F. The Labute approximate surface area is 56.2 Å². The van der Waals surface area contributed by atoms with Crippen molar-refractivity contribution >= 4 is 0 Å². The van der Waals surface area contributed by atoms with E-state index in [4.69, 9.17) is 0 Å². The van der Waals surface area contributed by atoms with Gasteiger partial charge in [0.1, 0.15) is 0 Å². The van der Waals surface area contributed by atoms with Gasteiger partial charge in [-0.1, -0.05) is 18.5 Å². The molecule has 0 fully saturated rings. The van der Waals surface area contributed by atoms with Crippen LogP contribution in [0.15, 0.2) is 14.4 Å². The van der Waals surface area contributed by atoms with E-state index in [0.29, 0.717) is 0 Å². The van der Waals surface area contributed by atoms with E-state index in [1.807, 2.05) is 0 Å². The van der Waals surface area contributed by atoms with Crippen LogP contribution in [-0.2, 0) is 0 Å². The van der Waals surface area contributed by atoms with Crippen LogP contribution in [-0.4, -0.2) is 14.6 Å². The van der Waals surface area contributed by atoms with Gasteiger partial charge in [-0.3, -0.25) is 4.98 Å². The summed E-state index contributed by atoms with van der Waals surface area (Å²) in [6, 6.07) is 0. The van der Waals surface area contributed by atoms with Gasteiger partial charge in [-0.25, -0.2) is 14.4 Å². The van der Waals surface area contributed by atoms with Crippen LogP contribution < -0.4 is 17.1 Å². The lowest BCUT2D eigenvalue weighted by molar-refractivity contribution is 0.239. The Kier molecular flexibility index (Phi) is 1.44. The molecule has 0 saturated carbocycles. The second-order valence-corrected chi connectivity index (χ2v) is 1.58. The van der Waals surface area contributed by atoms with Crippen LogP contribution in [0.1, 0.15) is 0 Å². The molecule has 1 aromatic heterocycles. The fourth-order valence-electron chi connectivity index (χ4n) is 0.440. The monoisotopic (exact) mass is 165 g/mol. The molecule has 0 radical (unpaired) electrons. The number of nitrogens with one attached hydrogen (secondary N) is 1. The van der Waals surface area contributed by atoms with Gasteiger partial charge in [0.15, 0.2) is 0 Å². The molecular formula is C3HF2N3O3. The van der Waals surface area contributed by atoms with Crippen LogP contribution >= 0.6 is 0 Å². The van der Waals surface area contributed by atoms with Crippen LogP contribution in [0, 0.1) is 0 Å². The van der Waals surface area contributed by atoms with Crippen LogP contribution in [0.2, 0.25) is 0 Å². The second-order valence-electron chi connectivity index (χ2n) is 1.58. The molecule has 60 valence electrons. The Morgan fingerprint density at radius 3 is 1.73 bits per heavy atom. The third-order valence-electron chi connectivity index (χ3n) is 0.906. The highest BCUT2D eigenvalue weighted by atomic mass is 19.2. The summed E-state index contributed by atoms with van der Waals surface area (Å²) in [5.74, 6) is 0. The van der Waals surface area contributed by atoms with Crippen LogP contribution in [0.25, 0.3) is 0 Å². The highest BCUT2D eigenvalue weighted by Crippen LogP contribution is 1.63. The van der Waals surface area contributed by atoms with Gasteiger partial charge in [-0.2, -0.15) is 0 Å². The lowest BCUT2D eigenvalue weighted by atomic mass is 11.0. The largest absolute Gasteiger partial charge is 0.394 e. The minimum absolute atomic E-state index is 1.05. The third kappa shape index (κ3) is 0.974. The minimum atomic E-state index is -1.96. The fraction of sp³-hybridized carbons (Fsp3) is 0. The van der Waals surface area contributed by atoms with Crippen molar-refractivity contribution in [3.05, 3.63) is 31.5 Å². The summed E-state index contributed by atoms with van der Waals surface area (Å²) >= 11 is 0. The van der Waals surface area contributed by atoms with Crippen molar-refractivity contribution in [2.45, 2.75) is 0 Å². The number of rotatable bonds is 0. The molecule has 0 amide bonds. The molecule has 1 N–H and O–H groups in total. The molecular weight excluding hydrogens is 164 g/mol. The highest BCUT2D eigenvalue weighted by Gasteiger charge is 2.06. The zero-order valence-corrected chi connectivity index (χ0v) is 4.88. The fourth-order valence-corrected chi connectivity index (χ4v) is 0.440. The lowest BCUT2D eigenvalue weighted by Gasteiger charge is -1.89. The Morgan fingerprint density at radius 2 is 1.36 bits per heavy atom. The molecule has 8 heteroatoms. The van der Waals surface area contributed by atoms with Gasteiger partial charge in [0, 0.05) is 0 Å². The van der Waals surface area contributed by atoms with Crippen LogP contribution in [0.5, 0.6) is 0 Å². The van der Waals surface area contributed by atoms with Crippen molar-refractivity contribution in [2.24, 2.45) is 0 Å². The van der Waals surface area contributed by atoms with Crippen molar-refractivity contribution in [1.82, 2.24) is 14.6 Å². The van der Waals surface area contributed by atoms with Crippen molar-refractivity contribution in [3.8, 4) is 0 Å². The van der Waals surface area contributed by atoms with E-state index in [9.17, 15) is 23.3 Å². The maximum atomic E-state index is 12.0. The third-order valence-corrected chi connectivity index (χ3v) is 0.906. The van der Waals surface area contributed by atoms with E-state index < -0.39 is 26.6 Å². The molecule has 0 aliphatic heterocycles. The van der Waals surface area contributed by atoms with Crippen LogP contribution in [0.3, 0.4) is 0 Å². The topological polar surface area (TPSA) is 76.9 Å². The van der Waals surface area contributed by atoms with Gasteiger partial charge < -0.3 is 0 Å². The quantitative estimate of drug-likeness (QED) is 0.490. The molecule has 0 saturated heterocycles. The summed E-state index contributed by atoms with van der Waals surface area (Å²) in [5, 5.41) is 0. The Balaban J connectivity index is 3.89. The standard InChI is InChI=1S/C3HF2N3O3/c4-7-1(9)6-2(10)8(5)3(7)11/h(H,6,9,10). The lowest BCUT2D eigenvalue weighted by Crippen LogP contribution is -2.44. The molecule has 6 nitrogen and oxygen atoms in total. The van der Waals surface area contributed by atoms with Gasteiger partial charge in [0.25, 0.3) is 0 Å². The number of aromatic nitrogens is 3. The van der Waals surface area contributed by atoms with Crippen molar-refractivity contribution in [2.75, 3.05) is 0 Å². The first-order valence-corrected chi connectivity index (χ1v) is 2.34. The van der Waals surface area contributed by atoms with E-state index >= 15 is 0 Å². The van der Waals surface area contributed by atoms with E-state index in [2.05, 4.69) is 0 Å². The van der Waals surface area contributed by atoms with Crippen molar-refractivity contribution in [3.63, 3.8) is 0 Å². The van der Waals surface area contributed by atoms with E-state index in [0.717, 1.165) is 0 Å². The van der Waals surface area contributed by atoms with Crippen molar-refractivity contribution in [1.29, 1.82) is 0 Å². The number of halogens is 2. The number of hydrogen-bond acceptors (Lipinski definition) is 3. The molecule has 11 heavy (non-hydrogen) atoms. The zero-order valence-electron chi connectivity index (χ0n) is 4.88. The maximum absolute atomic E-state index is 12.0. The molecule has 0 bridgehead atoms. The first kappa shape index (κ1) is 7.38. The number of nitrogens with zero attached hydrogens (tertiary/aromatic N) is 2. The molecule has 0 atom stereocenters. The summed E-state index contributed by atoms with van der Waals surface area (Å²) < 4.78 is 24.1. The first-order chi connectivity index (χ1) is 5.04. The Bertz CT molecular complexity index is 403. The molecule has 0 unspecified atom stereocenters. The zero-order chi connectivity index (χ0) is 8.59. The average molecular weight is 165 g/mol. The predicted octanol–water partition coefficient (Wildman–Crippen LogP) is -1.84. The molecule has 0 aliphatic carbocycles. The van der Waals surface area contributed by atoms with Gasteiger partial charge >= 0.3 is 17.1 Å². The first-order valence-electron chi connectivity index (χ1n) is 2.34. The summed E-state index contributed by atoms with van der Waals surface area (Å²) in [5.41, 5.74) is -5.17. The normalized spacial score (nSPS) is 10.0. The Morgan fingerprint density at radius 1 is 1.00 bits per heavy atom. The van der Waals surface area contributed by atoms with Crippen molar-refractivity contribution < 1.29 is 8.96 Å². The summed E-state index contributed by atoms with van der Waals surface area (Å²) in [6.45, 7) is 0.